The van der Waals surface area contributed by atoms with E-state index in [0.29, 0.717) is 10.7 Å². The third-order valence-electron chi connectivity index (χ3n) is 3.45. The summed E-state index contributed by atoms with van der Waals surface area (Å²) in [7, 11) is -2.48. The summed E-state index contributed by atoms with van der Waals surface area (Å²) < 4.78 is 27.5. The summed E-state index contributed by atoms with van der Waals surface area (Å²) in [6.07, 6.45) is 1.69. The predicted molar refractivity (Wildman–Crippen MR) is 92.9 cm³/mol. The van der Waals surface area contributed by atoms with Crippen LogP contribution in [0.5, 0.6) is 0 Å². The smallest absolute Gasteiger partial charge is 0.243 e. The van der Waals surface area contributed by atoms with Gasteiger partial charge in [-0.15, -0.1) is 10.2 Å². The summed E-state index contributed by atoms with van der Waals surface area (Å²) in [4.78, 5) is 12.2. The highest BCUT2D eigenvalue weighted by atomic mass is 35.5. The van der Waals surface area contributed by atoms with Crippen molar-refractivity contribution < 1.29 is 13.2 Å². The van der Waals surface area contributed by atoms with Crippen LogP contribution in [0.1, 0.15) is 0 Å². The van der Waals surface area contributed by atoms with Crippen molar-refractivity contribution in [1.82, 2.24) is 18.9 Å². The third-order valence-corrected chi connectivity index (χ3v) is 5.52. The zero-order valence-corrected chi connectivity index (χ0v) is 14.7. The van der Waals surface area contributed by atoms with Crippen molar-refractivity contribution in [1.29, 1.82) is 0 Å². The van der Waals surface area contributed by atoms with Crippen LogP contribution in [0, 0.1) is 0 Å². The molecule has 2 aromatic heterocycles. The van der Waals surface area contributed by atoms with Gasteiger partial charge in [0.1, 0.15) is 0 Å². The number of anilines is 1. The number of aromatic nitrogens is 3. The molecule has 8 nitrogen and oxygen atoms in total. The Morgan fingerprint density at radius 1 is 1.20 bits per heavy atom. The van der Waals surface area contributed by atoms with Gasteiger partial charge in [0, 0.05) is 18.3 Å². The maximum Gasteiger partial charge on any atom is 0.243 e. The van der Waals surface area contributed by atoms with Gasteiger partial charge in [-0.1, -0.05) is 17.7 Å². The Bertz CT molecular complexity index is 1020. The van der Waals surface area contributed by atoms with Gasteiger partial charge in [-0.25, -0.2) is 8.42 Å². The van der Waals surface area contributed by atoms with Gasteiger partial charge in [-0.3, -0.25) is 14.5 Å². The highest BCUT2D eigenvalue weighted by Crippen LogP contribution is 2.17. The van der Waals surface area contributed by atoms with E-state index in [9.17, 15) is 13.2 Å². The van der Waals surface area contributed by atoms with Crippen molar-refractivity contribution in [2.75, 3.05) is 18.9 Å². The second-order valence-corrected chi connectivity index (χ2v) is 7.70. The topological polar surface area (TPSA) is 96.7 Å². The Hall–Kier alpha value is -2.49. The summed E-state index contributed by atoms with van der Waals surface area (Å²) in [5, 5.41) is 10.8. The van der Waals surface area contributed by atoms with Gasteiger partial charge in [0.25, 0.3) is 0 Å². The van der Waals surface area contributed by atoms with E-state index in [1.54, 1.807) is 28.8 Å². The number of hydrogen-bond acceptors (Lipinski definition) is 5. The molecule has 0 saturated carbocycles. The highest BCUT2D eigenvalue weighted by Gasteiger charge is 2.23. The van der Waals surface area contributed by atoms with Crippen LogP contribution in [0.25, 0.3) is 5.65 Å². The molecule has 0 bridgehead atoms. The lowest BCUT2D eigenvalue weighted by Crippen LogP contribution is -2.35. The second kappa shape index (κ2) is 6.79. The van der Waals surface area contributed by atoms with E-state index in [-0.39, 0.29) is 17.4 Å². The van der Waals surface area contributed by atoms with Crippen molar-refractivity contribution in [2.24, 2.45) is 0 Å². The third kappa shape index (κ3) is 3.63. The number of sulfonamides is 1. The standard InChI is InChI=1S/C15H14ClN5O3S/c1-20(25(23,24)12-7-5-11(16)6-8-12)10-14(22)17-15-19-18-13-4-2-3-9-21(13)15/h2-9H,10H2,1H3,(H,17,19,22). The first-order chi connectivity index (χ1) is 11.9. The Morgan fingerprint density at radius 2 is 1.92 bits per heavy atom. The van der Waals surface area contributed by atoms with E-state index in [0.717, 1.165) is 4.31 Å². The van der Waals surface area contributed by atoms with Crippen LogP contribution in [-0.2, 0) is 14.8 Å². The average Bonchev–Trinajstić information content (AvgIpc) is 2.98. The van der Waals surface area contributed by atoms with Gasteiger partial charge in [0.05, 0.1) is 11.4 Å². The normalized spacial score (nSPS) is 11.8. The van der Waals surface area contributed by atoms with Crippen molar-refractivity contribution >= 4 is 39.1 Å². The lowest BCUT2D eigenvalue weighted by atomic mass is 10.4. The lowest BCUT2D eigenvalue weighted by Gasteiger charge is -2.16. The van der Waals surface area contributed by atoms with Gasteiger partial charge in [-0.2, -0.15) is 4.31 Å². The zero-order valence-electron chi connectivity index (χ0n) is 13.1. The van der Waals surface area contributed by atoms with Crippen LogP contribution < -0.4 is 5.32 Å². The molecule has 3 rings (SSSR count). The molecule has 1 aromatic carbocycles. The van der Waals surface area contributed by atoms with Crippen LogP contribution in [-0.4, -0.2) is 46.8 Å². The Kier molecular flexibility index (Phi) is 4.71. The molecule has 0 atom stereocenters. The minimum Gasteiger partial charge on any atom is -0.293 e. The van der Waals surface area contributed by atoms with E-state index < -0.39 is 15.9 Å². The summed E-state index contributed by atoms with van der Waals surface area (Å²) in [6.45, 7) is -0.368. The Balaban J connectivity index is 1.73. The number of amides is 1. The minimum absolute atomic E-state index is 0.0557. The van der Waals surface area contributed by atoms with E-state index in [4.69, 9.17) is 11.6 Å². The van der Waals surface area contributed by atoms with E-state index in [1.165, 1.54) is 31.3 Å². The number of rotatable bonds is 5. The summed E-state index contributed by atoms with van der Waals surface area (Å²) in [5.74, 6) is -0.309. The number of nitrogens with one attached hydrogen (secondary N) is 1. The molecule has 0 radical (unpaired) electrons. The van der Waals surface area contributed by atoms with E-state index >= 15 is 0 Å². The molecule has 25 heavy (non-hydrogen) atoms. The molecule has 0 aliphatic rings. The van der Waals surface area contributed by atoms with Gasteiger partial charge in [-0.05, 0) is 36.4 Å². The summed E-state index contributed by atoms with van der Waals surface area (Å²) >= 11 is 5.77. The van der Waals surface area contributed by atoms with Gasteiger partial charge >= 0.3 is 0 Å². The van der Waals surface area contributed by atoms with Crippen molar-refractivity contribution in [2.45, 2.75) is 4.90 Å². The lowest BCUT2D eigenvalue weighted by molar-refractivity contribution is -0.116. The van der Waals surface area contributed by atoms with Crippen molar-refractivity contribution in [3.05, 3.63) is 53.7 Å². The van der Waals surface area contributed by atoms with Gasteiger partial charge < -0.3 is 0 Å². The highest BCUT2D eigenvalue weighted by molar-refractivity contribution is 7.89. The second-order valence-electron chi connectivity index (χ2n) is 5.22. The molecule has 1 amide bonds. The van der Waals surface area contributed by atoms with Gasteiger partial charge in [0.15, 0.2) is 5.65 Å². The van der Waals surface area contributed by atoms with Crippen molar-refractivity contribution in [3.8, 4) is 0 Å². The molecule has 3 aromatic rings. The Labute approximate surface area is 149 Å². The van der Waals surface area contributed by atoms with Crippen LogP contribution in [0.4, 0.5) is 5.95 Å². The Morgan fingerprint density at radius 3 is 2.64 bits per heavy atom. The SMILES string of the molecule is CN(CC(=O)Nc1nnc2ccccn12)S(=O)(=O)c1ccc(Cl)cc1. The maximum atomic E-state index is 12.5. The fourth-order valence-corrected chi connectivity index (χ4v) is 3.42. The molecular formula is C15H14ClN5O3S. The van der Waals surface area contributed by atoms with Gasteiger partial charge in [0.2, 0.25) is 21.9 Å². The first-order valence-electron chi connectivity index (χ1n) is 7.19. The molecule has 0 saturated heterocycles. The van der Waals surface area contributed by atoms with Crippen molar-refractivity contribution in [3.63, 3.8) is 0 Å². The number of carbonyl (C=O) groups is 1. The molecule has 2 heterocycles. The van der Waals surface area contributed by atoms with Crippen LogP contribution in [0.2, 0.25) is 5.02 Å². The number of fused-ring (bicyclic) bond motifs is 1. The van der Waals surface area contributed by atoms with Crippen LogP contribution in [0.15, 0.2) is 53.6 Å². The first kappa shape index (κ1) is 17.3. The fourth-order valence-electron chi connectivity index (χ4n) is 2.16. The molecule has 0 unspecified atom stereocenters. The summed E-state index contributed by atoms with van der Waals surface area (Å²) in [6, 6.07) is 11.0. The van der Waals surface area contributed by atoms with Crippen LogP contribution >= 0.6 is 11.6 Å². The quantitative estimate of drug-likeness (QED) is 0.726. The predicted octanol–water partition coefficient (Wildman–Crippen LogP) is 1.64. The number of hydrogen-bond donors (Lipinski definition) is 1. The number of carbonyl (C=O) groups excluding carboxylic acids is 1. The number of benzene rings is 1. The monoisotopic (exact) mass is 379 g/mol. The molecule has 0 aliphatic heterocycles. The number of nitrogens with zero attached hydrogens (tertiary/aromatic N) is 4. The first-order valence-corrected chi connectivity index (χ1v) is 9.01. The average molecular weight is 380 g/mol. The number of pyridine rings is 1. The molecule has 1 N–H and O–H groups in total. The zero-order chi connectivity index (χ0) is 18.0. The number of halogens is 1. The summed E-state index contributed by atoms with van der Waals surface area (Å²) in [5.41, 5.74) is 0.569. The van der Waals surface area contributed by atoms with Crippen LogP contribution in [0.3, 0.4) is 0 Å². The number of likely N-dealkylation sites (N-methyl/N-ethyl adjacent to an activating group) is 1. The molecule has 0 fully saturated rings. The van der Waals surface area contributed by atoms with E-state index in [1.807, 2.05) is 0 Å². The minimum atomic E-state index is -3.80. The maximum absolute atomic E-state index is 12.5. The molecule has 0 spiro atoms. The largest absolute Gasteiger partial charge is 0.293 e. The molecule has 0 aliphatic carbocycles. The molecule has 10 heteroatoms. The molecular weight excluding hydrogens is 366 g/mol. The molecule has 130 valence electrons. The van der Waals surface area contributed by atoms with E-state index in [2.05, 4.69) is 15.5 Å². The fraction of sp³-hybridized carbons (Fsp3) is 0.133.